The zero-order chi connectivity index (χ0) is 11.6. The molecule has 0 unspecified atom stereocenters. The number of alkyl halides is 2. The van der Waals surface area contributed by atoms with Gasteiger partial charge in [0.25, 0.3) is 0 Å². The lowest BCUT2D eigenvalue weighted by atomic mass is 10.0. The number of carbonyl (C=O) groups excluding carboxylic acids is 1. The smallest absolute Gasteiger partial charge is 0.307 e. The van der Waals surface area contributed by atoms with Crippen LogP contribution in [-0.4, -0.2) is 18.8 Å². The summed E-state index contributed by atoms with van der Waals surface area (Å²) in [6.07, 6.45) is 0. The zero-order valence-electron chi connectivity index (χ0n) is 8.80. The second-order valence-corrected chi connectivity index (χ2v) is 3.35. The number of methoxy groups -OCH3 is 1. The molecule has 0 spiro atoms. The maximum Gasteiger partial charge on any atom is 0.307 e. The summed E-state index contributed by atoms with van der Waals surface area (Å²) in [6, 6.07) is 4.52. The third-order valence-corrected chi connectivity index (χ3v) is 2.15. The molecule has 2 nitrogen and oxygen atoms in total. The predicted molar refractivity (Wildman–Crippen MR) is 52.7 cm³/mol. The third-order valence-electron chi connectivity index (χ3n) is 2.15. The Bertz CT molecular complexity index is 381. The van der Waals surface area contributed by atoms with E-state index in [0.29, 0.717) is 18.2 Å². The molecule has 0 fully saturated rings. The number of ether oxygens (including phenoxy) is 1. The highest BCUT2D eigenvalue weighted by molar-refractivity contribution is 6.02. The van der Waals surface area contributed by atoms with Gasteiger partial charge in [-0.3, -0.25) is 4.79 Å². The van der Waals surface area contributed by atoms with Crippen LogP contribution in [0.25, 0.3) is 0 Å². The van der Waals surface area contributed by atoms with Gasteiger partial charge in [-0.25, -0.2) is 0 Å². The number of halogens is 2. The van der Waals surface area contributed by atoms with Crippen LogP contribution in [0, 0.1) is 6.92 Å². The summed E-state index contributed by atoms with van der Waals surface area (Å²) in [4.78, 5) is 11.3. The van der Waals surface area contributed by atoms with Gasteiger partial charge in [-0.15, -0.1) is 0 Å². The fraction of sp³-hybridized carbons (Fsp3) is 0.364. The highest BCUT2D eigenvalue weighted by Crippen LogP contribution is 2.26. The summed E-state index contributed by atoms with van der Waals surface area (Å²) in [5.41, 5.74) is 0.438. The average molecular weight is 214 g/mol. The monoisotopic (exact) mass is 214 g/mol. The predicted octanol–water partition coefficient (Wildman–Crippen LogP) is 2.84. The first kappa shape index (κ1) is 11.6. The molecule has 0 bridgehead atoms. The Morgan fingerprint density at radius 3 is 2.47 bits per heavy atom. The molecule has 1 aromatic carbocycles. The van der Waals surface area contributed by atoms with Crippen molar-refractivity contribution in [2.45, 2.75) is 19.8 Å². The number of benzene rings is 1. The largest absolute Gasteiger partial charge is 0.496 e. The fourth-order valence-corrected chi connectivity index (χ4v) is 1.32. The van der Waals surface area contributed by atoms with Crippen LogP contribution in [0.4, 0.5) is 8.78 Å². The van der Waals surface area contributed by atoms with Crippen LogP contribution in [-0.2, 0) is 0 Å². The van der Waals surface area contributed by atoms with Gasteiger partial charge >= 0.3 is 5.92 Å². The summed E-state index contributed by atoms with van der Waals surface area (Å²) in [5, 5.41) is 0. The van der Waals surface area contributed by atoms with Crippen molar-refractivity contribution in [2.75, 3.05) is 7.11 Å². The average Bonchev–Trinajstić information content (AvgIpc) is 2.16. The van der Waals surface area contributed by atoms with Crippen molar-refractivity contribution in [1.82, 2.24) is 0 Å². The first-order valence-corrected chi connectivity index (χ1v) is 4.44. The summed E-state index contributed by atoms with van der Waals surface area (Å²) in [7, 11) is 1.43. The summed E-state index contributed by atoms with van der Waals surface area (Å²) >= 11 is 0. The third kappa shape index (κ3) is 2.32. The molecule has 0 radical (unpaired) electrons. The van der Waals surface area contributed by atoms with Gasteiger partial charge in [0.1, 0.15) is 5.75 Å². The molecule has 4 heteroatoms. The molecule has 0 amide bonds. The number of carbonyl (C=O) groups is 1. The van der Waals surface area contributed by atoms with Crippen LogP contribution in [0.3, 0.4) is 0 Å². The van der Waals surface area contributed by atoms with Crippen LogP contribution in [0.2, 0.25) is 0 Å². The Kier molecular flexibility index (Phi) is 3.07. The Morgan fingerprint density at radius 1 is 1.40 bits per heavy atom. The molecule has 0 heterocycles. The first-order valence-electron chi connectivity index (χ1n) is 4.44. The minimum atomic E-state index is -3.35. The van der Waals surface area contributed by atoms with Crippen molar-refractivity contribution >= 4 is 5.78 Å². The zero-order valence-corrected chi connectivity index (χ0v) is 8.80. The van der Waals surface area contributed by atoms with Gasteiger partial charge in [0.15, 0.2) is 0 Å². The van der Waals surface area contributed by atoms with Crippen molar-refractivity contribution < 1.29 is 18.3 Å². The molecule has 1 aromatic rings. The van der Waals surface area contributed by atoms with Gasteiger partial charge in [0, 0.05) is 18.1 Å². The Hall–Kier alpha value is -1.45. The van der Waals surface area contributed by atoms with Crippen molar-refractivity contribution in [2.24, 2.45) is 0 Å². The second-order valence-electron chi connectivity index (χ2n) is 3.35. The highest BCUT2D eigenvalue weighted by Gasteiger charge is 2.34. The van der Waals surface area contributed by atoms with E-state index in [1.165, 1.54) is 19.2 Å². The second kappa shape index (κ2) is 3.96. The van der Waals surface area contributed by atoms with Gasteiger partial charge in [0.2, 0.25) is 5.78 Å². The minimum absolute atomic E-state index is 0.00171. The van der Waals surface area contributed by atoms with Crippen LogP contribution in [0.5, 0.6) is 5.75 Å². The van der Waals surface area contributed by atoms with E-state index >= 15 is 0 Å². The van der Waals surface area contributed by atoms with Crippen molar-refractivity contribution in [3.63, 3.8) is 0 Å². The molecule has 0 atom stereocenters. The number of hydrogen-bond acceptors (Lipinski definition) is 2. The molecular weight excluding hydrogens is 202 g/mol. The van der Waals surface area contributed by atoms with E-state index in [1.54, 1.807) is 13.0 Å². The van der Waals surface area contributed by atoms with E-state index in [2.05, 4.69) is 0 Å². The fourth-order valence-electron chi connectivity index (χ4n) is 1.32. The first-order chi connectivity index (χ1) is 6.88. The molecule has 82 valence electrons. The van der Waals surface area contributed by atoms with Crippen molar-refractivity contribution in [3.8, 4) is 5.75 Å². The van der Waals surface area contributed by atoms with Crippen molar-refractivity contribution in [3.05, 3.63) is 29.3 Å². The lowest BCUT2D eigenvalue weighted by Crippen LogP contribution is -2.25. The number of rotatable bonds is 3. The SMILES string of the molecule is COc1cccc(C(=O)C(C)(F)F)c1C. The van der Waals surface area contributed by atoms with Crippen LogP contribution >= 0.6 is 0 Å². The summed E-state index contributed by atoms with van der Waals surface area (Å²) < 4.78 is 30.6. The van der Waals surface area contributed by atoms with Gasteiger partial charge in [-0.1, -0.05) is 12.1 Å². The highest BCUT2D eigenvalue weighted by atomic mass is 19.3. The van der Waals surface area contributed by atoms with Crippen molar-refractivity contribution in [1.29, 1.82) is 0 Å². The van der Waals surface area contributed by atoms with Gasteiger partial charge in [-0.2, -0.15) is 8.78 Å². The maximum atomic E-state index is 12.8. The van der Waals surface area contributed by atoms with E-state index in [0.717, 1.165) is 0 Å². The van der Waals surface area contributed by atoms with Gasteiger partial charge < -0.3 is 4.74 Å². The summed E-state index contributed by atoms with van der Waals surface area (Å²) in [6.45, 7) is 2.17. The Balaban J connectivity index is 3.22. The molecule has 0 N–H and O–H groups in total. The standard InChI is InChI=1S/C11H12F2O2/c1-7-8(10(14)11(2,12)13)5-4-6-9(7)15-3/h4-6H,1-3H3. The molecular formula is C11H12F2O2. The quantitative estimate of drug-likeness (QED) is 0.723. The van der Waals surface area contributed by atoms with Crippen LogP contribution < -0.4 is 4.74 Å². The Morgan fingerprint density at radius 2 is 2.00 bits per heavy atom. The Labute approximate surface area is 86.9 Å². The maximum absolute atomic E-state index is 12.8. The van der Waals surface area contributed by atoms with Gasteiger partial charge in [0.05, 0.1) is 7.11 Å². The van der Waals surface area contributed by atoms with Gasteiger partial charge in [-0.05, 0) is 13.0 Å². The van der Waals surface area contributed by atoms with Crippen LogP contribution in [0.1, 0.15) is 22.8 Å². The number of hydrogen-bond donors (Lipinski definition) is 0. The minimum Gasteiger partial charge on any atom is -0.496 e. The normalized spacial score (nSPS) is 11.3. The molecule has 0 aliphatic rings. The molecule has 1 rings (SSSR count). The summed E-state index contributed by atoms with van der Waals surface area (Å²) in [5.74, 6) is -4.10. The molecule has 0 saturated heterocycles. The molecule has 0 aliphatic heterocycles. The number of Topliss-reactive ketones (excluding diaryl/α,β-unsaturated/α-hetero) is 1. The molecule has 15 heavy (non-hydrogen) atoms. The molecule has 0 saturated carbocycles. The van der Waals surface area contributed by atoms with E-state index in [9.17, 15) is 13.6 Å². The van der Waals surface area contributed by atoms with E-state index < -0.39 is 11.7 Å². The lowest BCUT2D eigenvalue weighted by molar-refractivity contribution is 0.0220. The topological polar surface area (TPSA) is 26.3 Å². The van der Waals surface area contributed by atoms with E-state index in [-0.39, 0.29) is 5.56 Å². The van der Waals surface area contributed by atoms with Crippen LogP contribution in [0.15, 0.2) is 18.2 Å². The van der Waals surface area contributed by atoms with E-state index in [4.69, 9.17) is 4.74 Å². The molecule has 0 aromatic heterocycles. The number of ketones is 1. The molecule has 0 aliphatic carbocycles. The lowest BCUT2D eigenvalue weighted by Gasteiger charge is -2.13. The van der Waals surface area contributed by atoms with E-state index in [1.807, 2.05) is 0 Å².